The highest BCUT2D eigenvalue weighted by molar-refractivity contribution is 7.88. The van der Waals surface area contributed by atoms with Crippen molar-refractivity contribution < 1.29 is 17.9 Å². The largest absolute Gasteiger partial charge is 0.458 e. The predicted octanol–water partition coefficient (Wildman–Crippen LogP) is 3.05. The molecular formula is C18H21ClN2O4S. The Labute approximate surface area is 158 Å². The fraction of sp³-hybridized carbons (Fsp3) is 0.444. The zero-order chi connectivity index (χ0) is 18.9. The molecule has 0 N–H and O–H groups in total. The number of piperidine rings is 1. The minimum atomic E-state index is -3.46. The van der Waals surface area contributed by atoms with Crippen molar-refractivity contribution in [3.8, 4) is 0 Å². The average Bonchev–Trinajstić information content (AvgIpc) is 2.62. The SMILES string of the molecule is Cc1c(Cl)c(COC(=O)[C@@H]2CCCCN2S(C)(=O)=O)nc2ccccc12. The minimum Gasteiger partial charge on any atom is -0.458 e. The number of aryl methyl sites for hydroxylation is 1. The van der Waals surface area contributed by atoms with E-state index in [1.807, 2.05) is 31.2 Å². The molecule has 0 radical (unpaired) electrons. The standard InChI is InChI=1S/C18H21ClN2O4S/c1-12-13-7-3-4-8-14(13)20-15(17(12)19)11-25-18(22)16-9-5-6-10-21(16)26(2,23)24/h3-4,7-8,16H,5-6,9-11H2,1-2H3/t16-/m0/s1. The Morgan fingerprint density at radius 3 is 2.81 bits per heavy atom. The van der Waals surface area contributed by atoms with Crippen molar-refractivity contribution in [3.05, 3.63) is 40.5 Å². The van der Waals surface area contributed by atoms with Gasteiger partial charge in [0.15, 0.2) is 0 Å². The molecule has 1 aromatic carbocycles. The van der Waals surface area contributed by atoms with Crippen LogP contribution >= 0.6 is 11.6 Å². The normalized spacial score (nSPS) is 18.8. The number of carbonyl (C=O) groups is 1. The van der Waals surface area contributed by atoms with Crippen LogP contribution in [-0.4, -0.2) is 42.5 Å². The topological polar surface area (TPSA) is 76.6 Å². The van der Waals surface area contributed by atoms with Gasteiger partial charge in [0.1, 0.15) is 12.6 Å². The molecule has 2 heterocycles. The number of aromatic nitrogens is 1. The van der Waals surface area contributed by atoms with Gasteiger partial charge in [0.2, 0.25) is 10.0 Å². The quantitative estimate of drug-likeness (QED) is 0.742. The van der Waals surface area contributed by atoms with Crippen LogP contribution in [0, 0.1) is 6.92 Å². The zero-order valence-electron chi connectivity index (χ0n) is 14.7. The predicted molar refractivity (Wildman–Crippen MR) is 100 cm³/mol. The number of ether oxygens (including phenoxy) is 1. The summed E-state index contributed by atoms with van der Waals surface area (Å²) in [5, 5.41) is 1.41. The molecule has 0 bridgehead atoms. The lowest BCUT2D eigenvalue weighted by atomic mass is 10.1. The first-order chi connectivity index (χ1) is 12.3. The van der Waals surface area contributed by atoms with Gasteiger partial charge < -0.3 is 4.74 Å². The molecule has 1 aliphatic heterocycles. The second kappa shape index (κ2) is 7.50. The van der Waals surface area contributed by atoms with Gasteiger partial charge in [0.05, 0.1) is 22.5 Å². The van der Waals surface area contributed by atoms with Crippen molar-refractivity contribution in [2.24, 2.45) is 0 Å². The number of hydrogen-bond donors (Lipinski definition) is 0. The van der Waals surface area contributed by atoms with Crippen LogP contribution in [0.15, 0.2) is 24.3 Å². The van der Waals surface area contributed by atoms with E-state index in [2.05, 4.69) is 4.98 Å². The highest BCUT2D eigenvalue weighted by Crippen LogP contribution is 2.28. The van der Waals surface area contributed by atoms with Gasteiger partial charge in [0.25, 0.3) is 0 Å². The molecule has 1 atom stereocenters. The van der Waals surface area contributed by atoms with Crippen molar-refractivity contribution in [2.45, 2.75) is 38.8 Å². The summed E-state index contributed by atoms with van der Waals surface area (Å²) in [6.45, 7) is 2.15. The molecule has 140 valence electrons. The van der Waals surface area contributed by atoms with Crippen LogP contribution in [0.1, 0.15) is 30.5 Å². The molecule has 3 rings (SSSR count). The van der Waals surface area contributed by atoms with Crippen molar-refractivity contribution in [3.63, 3.8) is 0 Å². The van der Waals surface area contributed by atoms with Crippen LogP contribution in [0.5, 0.6) is 0 Å². The molecule has 26 heavy (non-hydrogen) atoms. The Kier molecular flexibility index (Phi) is 5.50. The Balaban J connectivity index is 1.79. The van der Waals surface area contributed by atoms with E-state index in [1.165, 1.54) is 4.31 Å². The van der Waals surface area contributed by atoms with Crippen LogP contribution < -0.4 is 0 Å². The summed E-state index contributed by atoms with van der Waals surface area (Å²) >= 11 is 6.38. The Morgan fingerprint density at radius 1 is 1.35 bits per heavy atom. The number of fused-ring (bicyclic) bond motifs is 1. The highest BCUT2D eigenvalue weighted by atomic mass is 35.5. The summed E-state index contributed by atoms with van der Waals surface area (Å²) in [5.41, 5.74) is 2.12. The van der Waals surface area contributed by atoms with Crippen LogP contribution in [0.25, 0.3) is 10.9 Å². The minimum absolute atomic E-state index is 0.0859. The van der Waals surface area contributed by atoms with Crippen LogP contribution in [-0.2, 0) is 26.2 Å². The summed E-state index contributed by atoms with van der Waals surface area (Å²) in [7, 11) is -3.46. The molecule has 0 amide bonds. The Morgan fingerprint density at radius 2 is 2.08 bits per heavy atom. The van der Waals surface area contributed by atoms with Crippen molar-refractivity contribution in [1.29, 1.82) is 0 Å². The van der Waals surface area contributed by atoms with Crippen molar-refractivity contribution in [2.75, 3.05) is 12.8 Å². The lowest BCUT2D eigenvalue weighted by molar-refractivity contribution is -0.150. The number of rotatable bonds is 4. The molecule has 1 aromatic heterocycles. The molecule has 2 aromatic rings. The van der Waals surface area contributed by atoms with Crippen LogP contribution in [0.3, 0.4) is 0 Å². The number of para-hydroxylation sites is 1. The fourth-order valence-electron chi connectivity index (χ4n) is 3.29. The van der Waals surface area contributed by atoms with Gasteiger partial charge in [-0.05, 0) is 37.8 Å². The van der Waals surface area contributed by atoms with E-state index < -0.39 is 22.0 Å². The van der Waals surface area contributed by atoms with Gasteiger partial charge in [-0.25, -0.2) is 13.4 Å². The lowest BCUT2D eigenvalue weighted by Crippen LogP contribution is -2.48. The van der Waals surface area contributed by atoms with E-state index in [1.54, 1.807) is 0 Å². The average molecular weight is 397 g/mol. The number of nitrogens with zero attached hydrogens (tertiary/aromatic N) is 2. The molecule has 6 nitrogen and oxygen atoms in total. The van der Waals surface area contributed by atoms with Crippen molar-refractivity contribution >= 4 is 38.5 Å². The Bertz CT molecular complexity index is 946. The number of pyridine rings is 1. The molecular weight excluding hydrogens is 376 g/mol. The Hall–Kier alpha value is -1.70. The van der Waals surface area contributed by atoms with Gasteiger partial charge in [-0.15, -0.1) is 0 Å². The first kappa shape index (κ1) is 19.1. The van der Waals surface area contributed by atoms with Gasteiger partial charge in [-0.1, -0.05) is 29.8 Å². The number of benzene rings is 1. The number of hydrogen-bond acceptors (Lipinski definition) is 5. The maximum absolute atomic E-state index is 12.5. The summed E-state index contributed by atoms with van der Waals surface area (Å²) in [6.07, 6.45) is 3.11. The first-order valence-electron chi connectivity index (χ1n) is 8.46. The molecule has 0 aliphatic carbocycles. The first-order valence-corrected chi connectivity index (χ1v) is 10.7. The third-order valence-electron chi connectivity index (χ3n) is 4.65. The molecule has 1 aliphatic rings. The summed E-state index contributed by atoms with van der Waals surface area (Å²) in [5.74, 6) is -0.557. The van der Waals surface area contributed by atoms with E-state index in [9.17, 15) is 13.2 Å². The van der Waals surface area contributed by atoms with Gasteiger partial charge >= 0.3 is 5.97 Å². The molecule has 0 saturated carbocycles. The smallest absolute Gasteiger partial charge is 0.324 e. The zero-order valence-corrected chi connectivity index (χ0v) is 16.3. The number of halogens is 1. The lowest BCUT2D eigenvalue weighted by Gasteiger charge is -2.31. The van der Waals surface area contributed by atoms with Crippen molar-refractivity contribution in [1.82, 2.24) is 9.29 Å². The summed E-state index contributed by atoms with van der Waals surface area (Å²) in [4.78, 5) is 17.0. The molecule has 1 fully saturated rings. The molecule has 8 heteroatoms. The molecule has 0 unspecified atom stereocenters. The third kappa shape index (κ3) is 3.84. The van der Waals surface area contributed by atoms with Crippen LogP contribution in [0.4, 0.5) is 0 Å². The third-order valence-corrected chi connectivity index (χ3v) is 6.44. The summed E-state index contributed by atoms with van der Waals surface area (Å²) < 4.78 is 30.4. The number of sulfonamides is 1. The monoisotopic (exact) mass is 396 g/mol. The maximum atomic E-state index is 12.5. The second-order valence-electron chi connectivity index (χ2n) is 6.51. The molecule has 0 spiro atoms. The van der Waals surface area contributed by atoms with Gasteiger partial charge in [-0.3, -0.25) is 4.79 Å². The number of esters is 1. The van der Waals surface area contributed by atoms with E-state index in [0.29, 0.717) is 23.7 Å². The number of carbonyl (C=O) groups excluding carboxylic acids is 1. The van der Waals surface area contributed by atoms with Gasteiger partial charge in [0, 0.05) is 11.9 Å². The van der Waals surface area contributed by atoms with Gasteiger partial charge in [-0.2, -0.15) is 4.31 Å². The van der Waals surface area contributed by atoms with E-state index in [-0.39, 0.29) is 6.61 Å². The maximum Gasteiger partial charge on any atom is 0.324 e. The van der Waals surface area contributed by atoms with E-state index in [0.717, 1.165) is 35.6 Å². The highest BCUT2D eigenvalue weighted by Gasteiger charge is 2.35. The van der Waals surface area contributed by atoms with E-state index in [4.69, 9.17) is 16.3 Å². The van der Waals surface area contributed by atoms with E-state index >= 15 is 0 Å². The second-order valence-corrected chi connectivity index (χ2v) is 8.82. The molecule has 1 saturated heterocycles. The van der Waals surface area contributed by atoms with Crippen LogP contribution in [0.2, 0.25) is 5.02 Å². The summed E-state index contributed by atoms with van der Waals surface area (Å²) in [6, 6.07) is 6.82. The fourth-order valence-corrected chi connectivity index (χ4v) is 4.60.